The van der Waals surface area contributed by atoms with Crippen molar-refractivity contribution in [2.24, 2.45) is 11.8 Å². The summed E-state index contributed by atoms with van der Waals surface area (Å²) in [6.07, 6.45) is 10.9. The molecule has 0 radical (unpaired) electrons. The molecule has 15 nitrogen and oxygen atoms in total. The van der Waals surface area contributed by atoms with Crippen molar-refractivity contribution in [1.82, 2.24) is 30.6 Å². The molecule has 2 fully saturated rings. The smallest absolute Gasteiger partial charge is 0.474 e. The molecule has 17 heteroatoms. The van der Waals surface area contributed by atoms with Crippen molar-refractivity contribution >= 4 is 37.2 Å². The highest BCUT2D eigenvalue weighted by Gasteiger charge is 2.55. The number of nitrogens with one attached hydrogen (secondary N) is 3. The molecule has 0 bridgehead atoms. The fourth-order valence-corrected chi connectivity index (χ4v) is 8.37. The lowest BCUT2D eigenvalue weighted by atomic mass is 9.53. The van der Waals surface area contributed by atoms with Gasteiger partial charge in [-0.2, -0.15) is 0 Å². The molecule has 324 valence electrons. The molecule has 2 aromatic heterocycles. The van der Waals surface area contributed by atoms with Gasteiger partial charge in [0.1, 0.15) is 11.4 Å². The second-order valence-corrected chi connectivity index (χ2v) is 16.8. The maximum absolute atomic E-state index is 13.7. The predicted molar refractivity (Wildman–Crippen MR) is 231 cm³/mol. The zero-order chi connectivity index (χ0) is 43.8. The summed E-state index contributed by atoms with van der Waals surface area (Å²) < 4.78 is 12.4. The largest absolute Gasteiger partial charge is 0.509 e. The first-order chi connectivity index (χ1) is 29.3. The van der Waals surface area contributed by atoms with E-state index in [1.54, 1.807) is 0 Å². The summed E-state index contributed by atoms with van der Waals surface area (Å²) in [6.45, 7) is 9.83. The fraction of sp³-hybridized carbons (Fsp3) is 0.455. The quantitative estimate of drug-likeness (QED) is 0.0816. The summed E-state index contributed by atoms with van der Waals surface area (Å²) in [5.41, 5.74) is 2.19. The molecule has 0 aliphatic carbocycles. The number of nitrogens with zero attached hydrogens (tertiary/aromatic N) is 4. The Morgan fingerprint density at radius 1 is 0.689 bits per heavy atom. The summed E-state index contributed by atoms with van der Waals surface area (Å²) in [7, 11) is -1.58. The monoisotopic (exact) mass is 835 g/mol. The van der Waals surface area contributed by atoms with E-state index in [-0.39, 0.29) is 41.1 Å². The van der Waals surface area contributed by atoms with Gasteiger partial charge in [0, 0.05) is 37.0 Å². The highest BCUT2D eigenvalue weighted by atomic mass is 16.6. The molecular formula is C44H59B2N7O8. The van der Waals surface area contributed by atoms with Crippen molar-refractivity contribution in [3.8, 4) is 0 Å². The van der Waals surface area contributed by atoms with Crippen LogP contribution in [0.25, 0.3) is 0 Å². The van der Waals surface area contributed by atoms with Gasteiger partial charge in [0.05, 0.1) is 50.8 Å². The second-order valence-electron chi connectivity index (χ2n) is 16.8. The third-order valence-electron chi connectivity index (χ3n) is 11.2. The van der Waals surface area contributed by atoms with Crippen molar-refractivity contribution in [2.45, 2.75) is 89.9 Å². The van der Waals surface area contributed by atoms with E-state index in [4.69, 9.17) is 9.31 Å². The van der Waals surface area contributed by atoms with Crippen LogP contribution < -0.4 is 15.4 Å². The second kappa shape index (κ2) is 23.1. The normalized spacial score (nSPS) is 18.9. The van der Waals surface area contributed by atoms with E-state index in [0.717, 1.165) is 30.6 Å². The Kier molecular flexibility index (Phi) is 17.8. The van der Waals surface area contributed by atoms with E-state index in [1.165, 1.54) is 42.0 Å². The number of quaternary nitrogens is 1. The van der Waals surface area contributed by atoms with Gasteiger partial charge < -0.3 is 34.8 Å². The summed E-state index contributed by atoms with van der Waals surface area (Å²) in [6, 6.07) is 17.6. The maximum atomic E-state index is 13.7. The van der Waals surface area contributed by atoms with Gasteiger partial charge in [-0.1, -0.05) is 94.8 Å². The average Bonchev–Trinajstić information content (AvgIpc) is 3.86. The Morgan fingerprint density at radius 2 is 1.15 bits per heavy atom. The van der Waals surface area contributed by atoms with Crippen molar-refractivity contribution in [2.75, 3.05) is 26.3 Å². The highest BCUT2D eigenvalue weighted by Crippen LogP contribution is 2.34. The topological polar surface area (TPSA) is 207 Å². The minimum Gasteiger partial charge on any atom is -0.509 e. The first-order valence-electron chi connectivity index (χ1n) is 21.3. The molecule has 2 amide bonds. The number of ketones is 2. The van der Waals surface area contributed by atoms with E-state index >= 15 is 0 Å². The molecule has 61 heavy (non-hydrogen) atoms. The zero-order valence-corrected chi connectivity index (χ0v) is 35.6. The van der Waals surface area contributed by atoms with Crippen molar-refractivity contribution in [1.29, 1.82) is 0 Å². The Labute approximate surface area is 358 Å². The summed E-state index contributed by atoms with van der Waals surface area (Å²) in [5, 5.41) is 24.9. The zero-order valence-electron chi connectivity index (χ0n) is 35.6. The Hall–Kier alpha value is -5.19. The predicted octanol–water partition coefficient (Wildman–Crippen LogP) is 2.74. The lowest BCUT2D eigenvalue weighted by molar-refractivity contribution is -0.785. The molecule has 2 aliphatic heterocycles. The number of amides is 2. The number of carbonyl (C=O) groups is 4. The van der Waals surface area contributed by atoms with Crippen LogP contribution in [0.4, 0.5) is 0 Å². The molecule has 2 aromatic carbocycles. The van der Waals surface area contributed by atoms with E-state index in [1.807, 2.05) is 74.5 Å². The number of rotatable bonds is 20. The number of benzene rings is 2. The Morgan fingerprint density at radius 3 is 1.56 bits per heavy atom. The van der Waals surface area contributed by atoms with Gasteiger partial charge >= 0.3 is 13.8 Å². The van der Waals surface area contributed by atoms with Crippen LogP contribution >= 0.6 is 0 Å². The van der Waals surface area contributed by atoms with E-state index in [2.05, 4.69) is 44.4 Å². The van der Waals surface area contributed by atoms with E-state index in [0.29, 0.717) is 44.8 Å². The lowest BCUT2D eigenvalue weighted by Crippen LogP contribution is -3.19. The number of aromatic nitrogens is 4. The maximum Gasteiger partial charge on any atom is 0.474 e. The molecule has 0 spiro atoms. The first kappa shape index (κ1) is 46.9. The average molecular weight is 836 g/mol. The van der Waals surface area contributed by atoms with Gasteiger partial charge in [-0.3, -0.25) is 29.1 Å². The molecular weight excluding hydrogens is 776 g/mol. The number of Topliss-reactive ketones (excluding diaryl/α,β-unsaturated/α-hetero) is 2. The van der Waals surface area contributed by atoms with Gasteiger partial charge in [0.2, 0.25) is 0 Å². The minimum atomic E-state index is -1.58. The van der Waals surface area contributed by atoms with E-state index < -0.39 is 43.5 Å². The first-order valence-corrected chi connectivity index (χ1v) is 21.3. The van der Waals surface area contributed by atoms with Gasteiger partial charge in [-0.05, 0) is 54.5 Å². The minimum absolute atomic E-state index is 0.0108. The molecule has 6 rings (SSSR count). The summed E-state index contributed by atoms with van der Waals surface area (Å²) >= 11 is 0. The van der Waals surface area contributed by atoms with Crippen molar-refractivity contribution in [3.63, 3.8) is 0 Å². The van der Waals surface area contributed by atoms with Crippen LogP contribution in [0.2, 0.25) is 11.6 Å². The summed E-state index contributed by atoms with van der Waals surface area (Å²) in [5.74, 6) is -1.15. The van der Waals surface area contributed by atoms with Crippen LogP contribution in [0.15, 0.2) is 97.8 Å². The van der Waals surface area contributed by atoms with E-state index in [9.17, 15) is 29.2 Å². The lowest BCUT2D eigenvalue weighted by Gasteiger charge is -2.39. The molecule has 5 N–H and O–H groups in total. The number of hydrogen-bond donors (Lipinski definition) is 5. The van der Waals surface area contributed by atoms with Crippen LogP contribution in [0.1, 0.15) is 85.5 Å². The Bertz CT molecular complexity index is 1980. The van der Waals surface area contributed by atoms with Crippen LogP contribution in [0.5, 0.6) is 0 Å². The van der Waals surface area contributed by atoms with Crippen LogP contribution in [0, 0.1) is 11.8 Å². The Balaban J connectivity index is 0.000000234. The number of hydrogen-bond acceptors (Lipinski definition) is 12. The molecule has 2 saturated heterocycles. The third-order valence-corrected chi connectivity index (χ3v) is 11.2. The fourth-order valence-electron chi connectivity index (χ4n) is 8.37. The molecule has 4 atom stereocenters. The van der Waals surface area contributed by atoms with Crippen LogP contribution in [-0.4, -0.2) is 106 Å². The molecule has 2 aliphatic rings. The SMILES string of the molecule is CC(C)C[C@H](CC(=O)[C@H](Cc1ccccc1)NC(=O)c1cnccn1)B(O)O.CC(C)C[C@H](CC(=O)[C@H](Cc1ccccc1)NC(=O)c1cnccn1)[B-]12OCC[NH+]1CCO2. The van der Waals surface area contributed by atoms with Crippen molar-refractivity contribution < 1.29 is 43.3 Å². The van der Waals surface area contributed by atoms with Gasteiger partial charge in [0.25, 0.3) is 11.8 Å². The highest BCUT2D eigenvalue weighted by molar-refractivity contribution is 6.61. The summed E-state index contributed by atoms with van der Waals surface area (Å²) in [4.78, 5) is 69.2. The standard InChI is InChI=1S/C24H33BN4O4.C20H26BN3O4/c1-18(2)14-20(25-29(10-12-32-25)11-13-33-25)16-23(30)21(15-19-6-4-3-5-7-19)28-24(31)22-17-26-8-9-27-22;1-14(2)10-16(21(27)28)12-19(25)17(11-15-6-4-3-5-7-15)24-20(26)18-13-22-8-9-23-18/h3-9,17-18,20-21,29H,10-16H2,1-2H3,(H,28,31);3-9,13-14,16-17,27-28H,10-12H2,1-2H3,(H,24,26)/t20-,21+;16-,17+/m11/s1. The number of fused-ring (bicyclic) bond motifs is 1. The van der Waals surface area contributed by atoms with Gasteiger partial charge in [0.15, 0.2) is 11.6 Å². The molecule has 4 heterocycles. The van der Waals surface area contributed by atoms with Crippen LogP contribution in [-0.2, 0) is 31.7 Å². The van der Waals surface area contributed by atoms with Gasteiger partial charge in [-0.25, -0.2) is 9.97 Å². The molecule has 0 saturated carbocycles. The number of carbonyl (C=O) groups excluding carboxylic acids is 4. The van der Waals surface area contributed by atoms with Gasteiger partial charge in [-0.15, -0.1) is 0 Å². The third kappa shape index (κ3) is 13.9. The van der Waals surface area contributed by atoms with Crippen molar-refractivity contribution in [3.05, 3.63) is 120 Å². The van der Waals surface area contributed by atoms with Crippen LogP contribution in [0.3, 0.4) is 0 Å². The molecule has 0 unspecified atom stereocenters. The molecule has 4 aromatic rings.